The van der Waals surface area contributed by atoms with Crippen LogP contribution in [0.15, 0.2) is 42.5 Å². The van der Waals surface area contributed by atoms with E-state index in [1.54, 1.807) is 13.2 Å². The molecule has 0 bridgehead atoms. The van der Waals surface area contributed by atoms with Gasteiger partial charge < -0.3 is 14.0 Å². The molecule has 1 aromatic heterocycles. The van der Waals surface area contributed by atoms with E-state index >= 15 is 0 Å². The number of ether oxygens (including phenoxy) is 2. The lowest BCUT2D eigenvalue weighted by atomic mass is 10.1. The van der Waals surface area contributed by atoms with Crippen molar-refractivity contribution in [3.63, 3.8) is 0 Å². The van der Waals surface area contributed by atoms with Gasteiger partial charge in [0.15, 0.2) is 6.61 Å². The van der Waals surface area contributed by atoms with Crippen molar-refractivity contribution in [2.24, 2.45) is 0 Å². The van der Waals surface area contributed by atoms with Crippen molar-refractivity contribution in [2.45, 2.75) is 19.9 Å². The molecule has 2 aromatic carbocycles. The number of methoxy groups -OCH3 is 1. The lowest BCUT2D eigenvalue weighted by molar-refractivity contribution is 0.176. The number of hydrogen-bond acceptors (Lipinski definition) is 4. The third-order valence-electron chi connectivity index (χ3n) is 4.51. The van der Waals surface area contributed by atoms with Crippen LogP contribution in [0.1, 0.15) is 25.5 Å². The minimum absolute atomic E-state index is 0.0962. The van der Waals surface area contributed by atoms with Gasteiger partial charge in [0, 0.05) is 28.7 Å². The molecule has 3 aromatic rings. The van der Waals surface area contributed by atoms with Crippen LogP contribution in [-0.4, -0.2) is 24.4 Å². The molecule has 0 aliphatic carbocycles. The summed E-state index contributed by atoms with van der Waals surface area (Å²) in [5.74, 6) is 2.97. The number of nitrogens with zero attached hydrogens (tertiary/aromatic N) is 2. The number of terminal acetylenes is 1. The summed E-state index contributed by atoms with van der Waals surface area (Å²) in [7, 11) is 1.62. The van der Waals surface area contributed by atoms with E-state index in [0.29, 0.717) is 11.3 Å². The van der Waals surface area contributed by atoms with Crippen LogP contribution < -0.4 is 10.1 Å². The molecule has 3 rings (SSSR count). The zero-order chi connectivity index (χ0) is 21.0. The van der Waals surface area contributed by atoms with Crippen LogP contribution in [0.4, 0.5) is 10.5 Å². The maximum atomic E-state index is 11.8. The minimum atomic E-state index is -0.630. The third-order valence-corrected chi connectivity index (χ3v) is 4.51. The number of amides is 1. The van der Waals surface area contributed by atoms with Crippen LogP contribution in [0, 0.1) is 23.7 Å². The summed E-state index contributed by atoms with van der Waals surface area (Å²) in [5, 5.41) is 13.4. The average molecular weight is 387 g/mol. The van der Waals surface area contributed by atoms with Crippen LogP contribution in [0.5, 0.6) is 5.75 Å². The molecule has 1 N–H and O–H groups in total. The first kappa shape index (κ1) is 19.9. The summed E-state index contributed by atoms with van der Waals surface area (Å²) >= 11 is 0. The summed E-state index contributed by atoms with van der Waals surface area (Å²) in [4.78, 5) is 11.8. The number of aromatic nitrogens is 1. The summed E-state index contributed by atoms with van der Waals surface area (Å²) < 4.78 is 12.3. The molecule has 0 radical (unpaired) electrons. The Hall–Kier alpha value is -3.90. The van der Waals surface area contributed by atoms with Crippen molar-refractivity contribution < 1.29 is 14.3 Å². The van der Waals surface area contributed by atoms with E-state index in [1.807, 2.05) is 36.4 Å². The van der Waals surface area contributed by atoms with Gasteiger partial charge in [0.1, 0.15) is 11.8 Å². The van der Waals surface area contributed by atoms with E-state index in [1.165, 1.54) is 0 Å². The lowest BCUT2D eigenvalue weighted by Crippen LogP contribution is -2.13. The smallest absolute Gasteiger partial charge is 0.412 e. The normalized spacial score (nSPS) is 10.4. The molecule has 1 heterocycles. The Balaban J connectivity index is 2.16. The zero-order valence-corrected chi connectivity index (χ0v) is 16.5. The molecular formula is C23H21N3O3. The molecule has 0 spiro atoms. The Morgan fingerprint density at radius 1 is 1.28 bits per heavy atom. The van der Waals surface area contributed by atoms with Gasteiger partial charge in [0.2, 0.25) is 0 Å². The predicted octanol–water partition coefficient (Wildman–Crippen LogP) is 4.95. The number of rotatable bonds is 5. The van der Waals surface area contributed by atoms with E-state index in [9.17, 15) is 10.1 Å². The van der Waals surface area contributed by atoms with Gasteiger partial charge in [-0.3, -0.25) is 5.32 Å². The molecule has 0 unspecified atom stereocenters. The van der Waals surface area contributed by atoms with Crippen molar-refractivity contribution in [1.82, 2.24) is 4.57 Å². The van der Waals surface area contributed by atoms with Crippen LogP contribution >= 0.6 is 0 Å². The van der Waals surface area contributed by atoms with E-state index in [-0.39, 0.29) is 12.6 Å². The summed E-state index contributed by atoms with van der Waals surface area (Å²) in [6, 6.07) is 15.4. The first-order chi connectivity index (χ1) is 14.0. The van der Waals surface area contributed by atoms with Gasteiger partial charge in [-0.15, -0.1) is 6.42 Å². The highest BCUT2D eigenvalue weighted by Crippen LogP contribution is 2.38. The molecular weight excluding hydrogens is 366 g/mol. The first-order valence-corrected chi connectivity index (χ1v) is 9.09. The second-order valence-electron chi connectivity index (χ2n) is 6.67. The highest BCUT2D eigenvalue weighted by Gasteiger charge is 2.21. The molecule has 0 fully saturated rings. The van der Waals surface area contributed by atoms with Crippen LogP contribution in [0.25, 0.3) is 22.2 Å². The summed E-state index contributed by atoms with van der Waals surface area (Å²) in [6.07, 6.45) is 4.48. The lowest BCUT2D eigenvalue weighted by Gasteiger charge is -2.16. The summed E-state index contributed by atoms with van der Waals surface area (Å²) in [5.41, 5.74) is 3.62. The van der Waals surface area contributed by atoms with Crippen molar-refractivity contribution in [3.05, 3.63) is 48.0 Å². The van der Waals surface area contributed by atoms with Crippen LogP contribution in [0.3, 0.4) is 0 Å². The number of anilines is 1. The molecule has 6 heteroatoms. The Morgan fingerprint density at radius 2 is 2.07 bits per heavy atom. The topological polar surface area (TPSA) is 76.3 Å². The van der Waals surface area contributed by atoms with Crippen LogP contribution in [-0.2, 0) is 4.74 Å². The zero-order valence-electron chi connectivity index (χ0n) is 16.5. The summed E-state index contributed by atoms with van der Waals surface area (Å²) in [6.45, 7) is 4.01. The van der Waals surface area contributed by atoms with Crippen LogP contribution in [0.2, 0.25) is 0 Å². The van der Waals surface area contributed by atoms with Gasteiger partial charge in [-0.1, -0.05) is 18.1 Å². The monoisotopic (exact) mass is 387 g/mol. The quantitative estimate of drug-likeness (QED) is 0.629. The fourth-order valence-electron chi connectivity index (χ4n) is 3.36. The number of nitriles is 1. The number of carbonyl (C=O) groups excluding carboxylic acids is 1. The fraction of sp³-hybridized carbons (Fsp3) is 0.217. The molecule has 0 saturated carbocycles. The third kappa shape index (κ3) is 3.88. The van der Waals surface area contributed by atoms with Crippen molar-refractivity contribution in [3.8, 4) is 35.4 Å². The number of nitrogens with one attached hydrogen (secondary N) is 1. The Bertz CT molecular complexity index is 1150. The Labute approximate surface area is 169 Å². The van der Waals surface area contributed by atoms with E-state index < -0.39 is 6.09 Å². The first-order valence-electron chi connectivity index (χ1n) is 9.09. The van der Waals surface area contributed by atoms with Crippen molar-refractivity contribution >= 4 is 22.7 Å². The number of fused-ring (bicyclic) bond motifs is 1. The molecule has 1 amide bonds. The minimum Gasteiger partial charge on any atom is -0.497 e. The highest BCUT2D eigenvalue weighted by molar-refractivity contribution is 5.96. The predicted molar refractivity (Wildman–Crippen MR) is 113 cm³/mol. The maximum Gasteiger partial charge on any atom is 0.412 e. The molecule has 6 nitrogen and oxygen atoms in total. The Kier molecular flexibility index (Phi) is 5.76. The maximum absolute atomic E-state index is 11.8. The van der Waals surface area contributed by atoms with Gasteiger partial charge in [-0.05, 0) is 38.1 Å². The van der Waals surface area contributed by atoms with Gasteiger partial charge >= 0.3 is 6.09 Å². The van der Waals surface area contributed by atoms with E-state index in [0.717, 1.165) is 27.9 Å². The number of benzene rings is 2. The second-order valence-corrected chi connectivity index (χ2v) is 6.67. The molecule has 0 aliphatic rings. The number of carbonyl (C=O) groups is 1. The van der Waals surface area contributed by atoms with Crippen molar-refractivity contribution in [1.29, 1.82) is 5.26 Å². The molecule has 29 heavy (non-hydrogen) atoms. The van der Waals surface area contributed by atoms with Gasteiger partial charge in [-0.25, -0.2) is 4.79 Å². The van der Waals surface area contributed by atoms with Gasteiger partial charge in [0.25, 0.3) is 0 Å². The van der Waals surface area contributed by atoms with Crippen molar-refractivity contribution in [2.75, 3.05) is 19.0 Å². The number of hydrogen-bond donors (Lipinski definition) is 1. The van der Waals surface area contributed by atoms with Gasteiger partial charge in [-0.2, -0.15) is 5.26 Å². The molecule has 0 saturated heterocycles. The highest BCUT2D eigenvalue weighted by atomic mass is 16.5. The van der Waals surface area contributed by atoms with E-state index in [2.05, 4.69) is 35.7 Å². The van der Waals surface area contributed by atoms with Gasteiger partial charge in [0.05, 0.1) is 23.9 Å². The Morgan fingerprint density at radius 3 is 2.72 bits per heavy atom. The fourth-order valence-corrected chi connectivity index (χ4v) is 3.36. The molecule has 0 aliphatic heterocycles. The second kappa shape index (κ2) is 8.41. The average Bonchev–Trinajstić information content (AvgIpc) is 3.06. The standard InChI is InChI=1S/C23H21N3O3/c1-5-11-29-23(27)25-17-8-6-7-16(12-17)22-20(14-24)19-10-9-18(28-4)13-21(19)26(22)15(2)3/h1,6-10,12-13,15H,11H2,2-4H3,(H,25,27). The SMILES string of the molecule is C#CCOC(=O)Nc1cccc(-c2c(C#N)c3ccc(OC)cc3n2C(C)C)c1. The largest absolute Gasteiger partial charge is 0.497 e. The molecule has 0 atom stereocenters. The van der Waals surface area contributed by atoms with E-state index in [4.69, 9.17) is 15.9 Å². The molecule has 146 valence electrons.